The molecular weight excluding hydrogens is 210 g/mol. The second-order valence-corrected chi connectivity index (χ2v) is 4.97. The lowest BCUT2D eigenvalue weighted by atomic mass is 9.94. The van der Waals surface area contributed by atoms with E-state index >= 15 is 0 Å². The van der Waals surface area contributed by atoms with Crippen LogP contribution in [-0.2, 0) is 7.05 Å². The Morgan fingerprint density at radius 3 is 3.00 bits per heavy atom. The predicted molar refractivity (Wildman–Crippen MR) is 70.7 cm³/mol. The largest absolute Gasteiger partial charge is 0.310 e. The fourth-order valence-corrected chi connectivity index (χ4v) is 2.47. The maximum Gasteiger partial charge on any atom is 0.0537 e. The molecular formula is C14H23N3. The van der Waals surface area contributed by atoms with Crippen molar-refractivity contribution >= 4 is 0 Å². The molecule has 1 N–H and O–H groups in total. The highest BCUT2D eigenvalue weighted by molar-refractivity contribution is 5.10. The molecule has 3 nitrogen and oxygen atoms in total. The normalized spacial score (nSPS) is 21.6. The molecule has 0 unspecified atom stereocenters. The molecule has 1 aromatic rings. The van der Waals surface area contributed by atoms with Gasteiger partial charge < -0.3 is 5.32 Å². The predicted octanol–water partition coefficient (Wildman–Crippen LogP) is 2.82. The van der Waals surface area contributed by atoms with Crippen molar-refractivity contribution in [1.82, 2.24) is 15.1 Å². The SMILES string of the molecule is CC[C@@H](NC[C@H]1CC=CCC1)c1cnn(C)c1. The summed E-state index contributed by atoms with van der Waals surface area (Å²) in [5.74, 6) is 0.811. The lowest BCUT2D eigenvalue weighted by Gasteiger charge is -2.22. The molecule has 1 aliphatic carbocycles. The topological polar surface area (TPSA) is 29.9 Å². The molecule has 2 atom stereocenters. The quantitative estimate of drug-likeness (QED) is 0.793. The van der Waals surface area contributed by atoms with Gasteiger partial charge >= 0.3 is 0 Å². The van der Waals surface area contributed by atoms with E-state index in [2.05, 4.69) is 35.7 Å². The lowest BCUT2D eigenvalue weighted by molar-refractivity contribution is 0.400. The van der Waals surface area contributed by atoms with E-state index in [1.165, 1.54) is 24.8 Å². The van der Waals surface area contributed by atoms with E-state index < -0.39 is 0 Å². The average Bonchev–Trinajstić information content (AvgIpc) is 2.78. The van der Waals surface area contributed by atoms with Crippen molar-refractivity contribution in [3.63, 3.8) is 0 Å². The van der Waals surface area contributed by atoms with Crippen LogP contribution >= 0.6 is 0 Å². The van der Waals surface area contributed by atoms with Crippen LogP contribution < -0.4 is 5.32 Å². The summed E-state index contributed by atoms with van der Waals surface area (Å²) in [6.45, 7) is 3.35. The maximum absolute atomic E-state index is 4.25. The lowest BCUT2D eigenvalue weighted by Crippen LogP contribution is -2.27. The van der Waals surface area contributed by atoms with Crippen LogP contribution in [0, 0.1) is 5.92 Å². The summed E-state index contributed by atoms with van der Waals surface area (Å²) in [5, 5.41) is 7.93. The fraction of sp³-hybridized carbons (Fsp3) is 0.643. The Kier molecular flexibility index (Phi) is 4.37. The van der Waals surface area contributed by atoms with Gasteiger partial charge in [0.05, 0.1) is 6.20 Å². The Morgan fingerprint density at radius 2 is 2.41 bits per heavy atom. The van der Waals surface area contributed by atoms with Crippen LogP contribution in [0.25, 0.3) is 0 Å². The van der Waals surface area contributed by atoms with Crippen LogP contribution in [0.2, 0.25) is 0 Å². The van der Waals surface area contributed by atoms with Gasteiger partial charge in [0, 0.05) is 24.8 Å². The Bertz CT molecular complexity index is 367. The third-order valence-corrected chi connectivity index (χ3v) is 3.57. The number of aromatic nitrogens is 2. The minimum absolute atomic E-state index is 0.453. The van der Waals surface area contributed by atoms with Gasteiger partial charge in [-0.3, -0.25) is 4.68 Å². The Morgan fingerprint density at radius 1 is 1.53 bits per heavy atom. The number of hydrogen-bond donors (Lipinski definition) is 1. The molecule has 17 heavy (non-hydrogen) atoms. The van der Waals surface area contributed by atoms with Gasteiger partial charge in [-0.2, -0.15) is 5.10 Å². The summed E-state index contributed by atoms with van der Waals surface area (Å²) in [6, 6.07) is 0.453. The number of aryl methyl sites for hydroxylation is 1. The standard InChI is InChI=1S/C14H23N3/c1-3-14(13-10-16-17(2)11-13)15-9-12-7-5-4-6-8-12/h4-5,10-12,14-15H,3,6-9H2,1-2H3/t12-,14+/m0/s1. The fourth-order valence-electron chi connectivity index (χ4n) is 2.47. The van der Waals surface area contributed by atoms with Gasteiger partial charge in [-0.05, 0) is 38.1 Å². The van der Waals surface area contributed by atoms with Crippen LogP contribution in [0.1, 0.15) is 44.2 Å². The van der Waals surface area contributed by atoms with Crippen LogP contribution in [0.3, 0.4) is 0 Å². The zero-order chi connectivity index (χ0) is 12.1. The first-order valence-corrected chi connectivity index (χ1v) is 6.66. The van der Waals surface area contributed by atoms with Gasteiger partial charge in [0.25, 0.3) is 0 Å². The summed E-state index contributed by atoms with van der Waals surface area (Å²) in [4.78, 5) is 0. The molecule has 0 aliphatic heterocycles. The summed E-state index contributed by atoms with van der Waals surface area (Å²) < 4.78 is 1.88. The zero-order valence-corrected chi connectivity index (χ0v) is 10.9. The highest BCUT2D eigenvalue weighted by atomic mass is 15.2. The maximum atomic E-state index is 4.25. The van der Waals surface area contributed by atoms with Crippen molar-refractivity contribution in [2.24, 2.45) is 13.0 Å². The molecule has 2 rings (SSSR count). The summed E-state index contributed by atoms with van der Waals surface area (Å²) >= 11 is 0. The van der Waals surface area contributed by atoms with Crippen molar-refractivity contribution < 1.29 is 0 Å². The Hall–Kier alpha value is -1.09. The molecule has 0 aromatic carbocycles. The molecule has 0 fully saturated rings. The summed E-state index contributed by atoms with van der Waals surface area (Å²) in [6.07, 6.45) is 13.6. The van der Waals surface area contributed by atoms with Crippen molar-refractivity contribution in [3.05, 3.63) is 30.1 Å². The first kappa shape index (κ1) is 12.4. The highest BCUT2D eigenvalue weighted by Gasteiger charge is 2.14. The number of nitrogens with zero attached hydrogens (tertiary/aromatic N) is 2. The third-order valence-electron chi connectivity index (χ3n) is 3.57. The van der Waals surface area contributed by atoms with Crippen molar-refractivity contribution in [1.29, 1.82) is 0 Å². The van der Waals surface area contributed by atoms with E-state index in [0.717, 1.165) is 18.9 Å². The molecule has 0 radical (unpaired) electrons. The second-order valence-electron chi connectivity index (χ2n) is 4.97. The average molecular weight is 233 g/mol. The molecule has 0 amide bonds. The molecule has 3 heteroatoms. The van der Waals surface area contributed by atoms with E-state index in [-0.39, 0.29) is 0 Å². The molecule has 1 aliphatic rings. The van der Waals surface area contributed by atoms with Crippen molar-refractivity contribution in [3.8, 4) is 0 Å². The minimum atomic E-state index is 0.453. The molecule has 94 valence electrons. The second kappa shape index (κ2) is 6.01. The minimum Gasteiger partial charge on any atom is -0.310 e. The van der Waals surface area contributed by atoms with E-state index in [1.807, 2.05) is 17.9 Å². The number of nitrogens with one attached hydrogen (secondary N) is 1. The van der Waals surface area contributed by atoms with Gasteiger partial charge in [-0.1, -0.05) is 19.1 Å². The van der Waals surface area contributed by atoms with Crippen molar-refractivity contribution in [2.75, 3.05) is 6.54 Å². The smallest absolute Gasteiger partial charge is 0.0537 e. The van der Waals surface area contributed by atoms with Crippen LogP contribution in [0.4, 0.5) is 0 Å². The molecule has 1 heterocycles. The van der Waals surface area contributed by atoms with Gasteiger partial charge in [0.15, 0.2) is 0 Å². The first-order chi connectivity index (χ1) is 8.29. The van der Waals surface area contributed by atoms with E-state index in [0.29, 0.717) is 6.04 Å². The van der Waals surface area contributed by atoms with Crippen molar-refractivity contribution in [2.45, 2.75) is 38.6 Å². The number of rotatable bonds is 5. The molecule has 1 aromatic heterocycles. The zero-order valence-electron chi connectivity index (χ0n) is 10.9. The summed E-state index contributed by atoms with van der Waals surface area (Å²) in [5.41, 5.74) is 1.31. The van der Waals surface area contributed by atoms with E-state index in [4.69, 9.17) is 0 Å². The number of hydrogen-bond acceptors (Lipinski definition) is 2. The molecule has 0 saturated heterocycles. The van der Waals surface area contributed by atoms with Crippen LogP contribution in [0.5, 0.6) is 0 Å². The van der Waals surface area contributed by atoms with Gasteiger partial charge in [0.2, 0.25) is 0 Å². The van der Waals surface area contributed by atoms with Crippen LogP contribution in [-0.4, -0.2) is 16.3 Å². The molecule has 0 spiro atoms. The van der Waals surface area contributed by atoms with Gasteiger partial charge in [-0.15, -0.1) is 0 Å². The monoisotopic (exact) mass is 233 g/mol. The summed E-state index contributed by atoms with van der Waals surface area (Å²) in [7, 11) is 1.97. The van der Waals surface area contributed by atoms with Crippen LogP contribution in [0.15, 0.2) is 24.5 Å². The molecule has 0 bridgehead atoms. The Balaban J connectivity index is 1.85. The Labute approximate surface area is 104 Å². The first-order valence-electron chi connectivity index (χ1n) is 6.66. The van der Waals surface area contributed by atoms with Gasteiger partial charge in [0.1, 0.15) is 0 Å². The van der Waals surface area contributed by atoms with E-state index in [9.17, 15) is 0 Å². The molecule has 0 saturated carbocycles. The third kappa shape index (κ3) is 3.43. The van der Waals surface area contributed by atoms with Gasteiger partial charge in [-0.25, -0.2) is 0 Å². The highest BCUT2D eigenvalue weighted by Crippen LogP contribution is 2.20. The number of allylic oxidation sites excluding steroid dienone is 2. The van der Waals surface area contributed by atoms with E-state index in [1.54, 1.807) is 0 Å².